The zero-order valence-corrected chi connectivity index (χ0v) is 11.1. The first kappa shape index (κ1) is 13.6. The van der Waals surface area contributed by atoms with Gasteiger partial charge in [0.1, 0.15) is 11.3 Å². The number of carboxylic acid groups (broad SMARTS) is 1. The Kier molecular flexibility index (Phi) is 3.90. The second kappa shape index (κ2) is 5.45. The predicted octanol–water partition coefficient (Wildman–Crippen LogP) is 2.09. The molecule has 102 valence electrons. The highest BCUT2D eigenvalue weighted by Gasteiger charge is 2.43. The van der Waals surface area contributed by atoms with Gasteiger partial charge in [0.05, 0.1) is 7.11 Å². The van der Waals surface area contributed by atoms with Crippen LogP contribution in [0.3, 0.4) is 0 Å². The van der Waals surface area contributed by atoms with Crippen molar-refractivity contribution in [1.29, 1.82) is 0 Å². The fourth-order valence-corrected chi connectivity index (χ4v) is 2.73. The smallest absolute Gasteiger partial charge is 0.328 e. The molecule has 0 saturated heterocycles. The summed E-state index contributed by atoms with van der Waals surface area (Å²) in [6, 6.07) is 5.61. The molecule has 0 saturated carbocycles. The molecule has 0 amide bonds. The summed E-state index contributed by atoms with van der Waals surface area (Å²) in [7, 11) is 1.62. The first-order chi connectivity index (χ1) is 9.14. The predicted molar refractivity (Wildman–Crippen MR) is 73.4 cm³/mol. The van der Waals surface area contributed by atoms with Crippen molar-refractivity contribution in [2.45, 2.75) is 24.8 Å². The van der Waals surface area contributed by atoms with E-state index < -0.39 is 11.5 Å². The number of hydrogen-bond acceptors (Lipinski definition) is 3. The van der Waals surface area contributed by atoms with Gasteiger partial charge in [-0.1, -0.05) is 12.1 Å². The van der Waals surface area contributed by atoms with Crippen LogP contribution < -0.4 is 10.1 Å². The number of aliphatic carboxylic acids is 1. The second-order valence-electron chi connectivity index (χ2n) is 4.76. The summed E-state index contributed by atoms with van der Waals surface area (Å²) in [6.07, 6.45) is 4.01. The van der Waals surface area contributed by atoms with Gasteiger partial charge in [-0.2, -0.15) is 0 Å². The van der Waals surface area contributed by atoms with Gasteiger partial charge in [-0.15, -0.1) is 6.58 Å². The van der Waals surface area contributed by atoms with Crippen LogP contribution >= 0.6 is 0 Å². The Hall–Kier alpha value is -1.81. The summed E-state index contributed by atoms with van der Waals surface area (Å²) in [5.74, 6) is -0.0656. The average molecular weight is 261 g/mol. The van der Waals surface area contributed by atoms with E-state index in [9.17, 15) is 9.90 Å². The van der Waals surface area contributed by atoms with Gasteiger partial charge >= 0.3 is 5.97 Å². The van der Waals surface area contributed by atoms with Gasteiger partial charge in [0, 0.05) is 6.54 Å². The molecule has 1 unspecified atom stereocenters. The van der Waals surface area contributed by atoms with Crippen molar-refractivity contribution in [2.24, 2.45) is 0 Å². The first-order valence-corrected chi connectivity index (χ1v) is 6.41. The number of nitrogens with one attached hydrogen (secondary N) is 1. The van der Waals surface area contributed by atoms with Crippen molar-refractivity contribution in [3.05, 3.63) is 42.0 Å². The third-order valence-electron chi connectivity index (χ3n) is 3.68. The van der Waals surface area contributed by atoms with E-state index in [0.29, 0.717) is 13.0 Å². The first-order valence-electron chi connectivity index (χ1n) is 6.41. The molecular weight excluding hydrogens is 242 g/mol. The Morgan fingerprint density at radius 3 is 3.05 bits per heavy atom. The van der Waals surface area contributed by atoms with E-state index in [2.05, 4.69) is 11.9 Å². The summed E-state index contributed by atoms with van der Waals surface area (Å²) in [4.78, 5) is 11.8. The third kappa shape index (κ3) is 2.36. The van der Waals surface area contributed by atoms with Crippen LogP contribution in [0.15, 0.2) is 30.9 Å². The summed E-state index contributed by atoms with van der Waals surface area (Å²) in [5.41, 5.74) is 0.882. The lowest BCUT2D eigenvalue weighted by Crippen LogP contribution is -2.51. The normalized spacial score (nSPS) is 21.5. The molecule has 0 radical (unpaired) electrons. The lowest BCUT2D eigenvalue weighted by Gasteiger charge is -2.36. The standard InChI is InChI=1S/C15H19NO3/c1-3-9-16-15(14(17)18)8-4-5-11-10-12(19-2)6-7-13(11)15/h3,6-7,10,16H,1,4-5,8-9H2,2H3,(H,17,18). The number of benzene rings is 1. The Morgan fingerprint density at radius 2 is 2.42 bits per heavy atom. The molecule has 4 nitrogen and oxygen atoms in total. The zero-order chi connectivity index (χ0) is 13.9. The van der Waals surface area contributed by atoms with Crippen LogP contribution in [0.5, 0.6) is 5.75 Å². The maximum absolute atomic E-state index is 11.8. The second-order valence-corrected chi connectivity index (χ2v) is 4.76. The maximum Gasteiger partial charge on any atom is 0.328 e. The van der Waals surface area contributed by atoms with E-state index in [-0.39, 0.29) is 0 Å². The quantitative estimate of drug-likeness (QED) is 0.797. The van der Waals surface area contributed by atoms with Crippen molar-refractivity contribution in [1.82, 2.24) is 5.32 Å². The highest BCUT2D eigenvalue weighted by molar-refractivity contribution is 5.82. The van der Waals surface area contributed by atoms with Crippen molar-refractivity contribution in [3.63, 3.8) is 0 Å². The van der Waals surface area contributed by atoms with Gasteiger partial charge in [0.15, 0.2) is 0 Å². The number of fused-ring (bicyclic) bond motifs is 1. The van der Waals surface area contributed by atoms with Crippen molar-refractivity contribution < 1.29 is 14.6 Å². The Balaban J connectivity index is 2.48. The van der Waals surface area contributed by atoms with Crippen LogP contribution in [-0.4, -0.2) is 24.7 Å². The lowest BCUT2D eigenvalue weighted by molar-refractivity contribution is -0.146. The molecule has 1 aromatic carbocycles. The SMILES string of the molecule is C=CCNC1(C(=O)O)CCCc2cc(OC)ccc21. The Labute approximate surface area is 113 Å². The average Bonchev–Trinajstić information content (AvgIpc) is 2.44. The van der Waals surface area contributed by atoms with Gasteiger partial charge in [0.25, 0.3) is 0 Å². The Bertz CT molecular complexity index is 498. The minimum Gasteiger partial charge on any atom is -0.497 e. The van der Waals surface area contributed by atoms with E-state index in [1.807, 2.05) is 18.2 Å². The highest BCUT2D eigenvalue weighted by atomic mass is 16.5. The van der Waals surface area contributed by atoms with Crippen LogP contribution in [0, 0.1) is 0 Å². The van der Waals surface area contributed by atoms with Crippen molar-refractivity contribution in [2.75, 3.05) is 13.7 Å². The van der Waals surface area contributed by atoms with Crippen molar-refractivity contribution in [3.8, 4) is 5.75 Å². The van der Waals surface area contributed by atoms with E-state index in [4.69, 9.17) is 4.74 Å². The molecule has 0 heterocycles. The molecule has 2 N–H and O–H groups in total. The van der Waals surface area contributed by atoms with Gasteiger partial charge in [0.2, 0.25) is 0 Å². The van der Waals surface area contributed by atoms with Crippen LogP contribution in [0.4, 0.5) is 0 Å². The minimum atomic E-state index is -1.01. The molecule has 0 aromatic heterocycles. The molecule has 0 aliphatic heterocycles. The number of methoxy groups -OCH3 is 1. The molecule has 1 aliphatic rings. The molecule has 19 heavy (non-hydrogen) atoms. The molecule has 0 spiro atoms. The minimum absolute atomic E-state index is 0.470. The molecule has 1 aromatic rings. The molecule has 2 rings (SSSR count). The molecule has 1 aliphatic carbocycles. The molecule has 0 bridgehead atoms. The largest absolute Gasteiger partial charge is 0.497 e. The number of aryl methyl sites for hydroxylation is 1. The number of ether oxygens (including phenoxy) is 1. The fraction of sp³-hybridized carbons (Fsp3) is 0.400. The van der Waals surface area contributed by atoms with Crippen LogP contribution in [0.2, 0.25) is 0 Å². The Morgan fingerprint density at radius 1 is 1.63 bits per heavy atom. The van der Waals surface area contributed by atoms with Gasteiger partial charge in [-0.3, -0.25) is 5.32 Å². The summed E-state index contributed by atoms with van der Waals surface area (Å²) < 4.78 is 5.21. The van der Waals surface area contributed by atoms with E-state index in [1.54, 1.807) is 13.2 Å². The van der Waals surface area contributed by atoms with Crippen LogP contribution in [0.1, 0.15) is 24.0 Å². The van der Waals surface area contributed by atoms with Gasteiger partial charge in [-0.25, -0.2) is 4.79 Å². The zero-order valence-electron chi connectivity index (χ0n) is 11.1. The maximum atomic E-state index is 11.8. The molecule has 4 heteroatoms. The van der Waals surface area contributed by atoms with Gasteiger partial charge < -0.3 is 9.84 Å². The van der Waals surface area contributed by atoms with E-state index in [0.717, 1.165) is 29.7 Å². The molecule has 1 atom stereocenters. The third-order valence-corrected chi connectivity index (χ3v) is 3.68. The summed E-state index contributed by atoms with van der Waals surface area (Å²) in [6.45, 7) is 4.11. The number of carbonyl (C=O) groups is 1. The lowest BCUT2D eigenvalue weighted by atomic mass is 9.76. The van der Waals surface area contributed by atoms with E-state index in [1.165, 1.54) is 0 Å². The van der Waals surface area contributed by atoms with E-state index >= 15 is 0 Å². The monoisotopic (exact) mass is 261 g/mol. The molecular formula is C15H19NO3. The molecule has 0 fully saturated rings. The van der Waals surface area contributed by atoms with Crippen LogP contribution in [0.25, 0.3) is 0 Å². The number of carboxylic acids is 1. The number of rotatable bonds is 5. The highest BCUT2D eigenvalue weighted by Crippen LogP contribution is 2.37. The van der Waals surface area contributed by atoms with Gasteiger partial charge in [-0.05, 0) is 42.5 Å². The fourth-order valence-electron chi connectivity index (χ4n) is 2.73. The topological polar surface area (TPSA) is 58.6 Å². The number of hydrogen-bond donors (Lipinski definition) is 2. The van der Waals surface area contributed by atoms with Crippen LogP contribution in [-0.2, 0) is 16.8 Å². The van der Waals surface area contributed by atoms with Crippen molar-refractivity contribution >= 4 is 5.97 Å². The summed E-state index contributed by atoms with van der Waals surface area (Å²) >= 11 is 0. The summed E-state index contributed by atoms with van der Waals surface area (Å²) in [5, 5.41) is 12.8.